The Morgan fingerprint density at radius 3 is 2.34 bits per heavy atom. The molecule has 0 fully saturated rings. The van der Waals surface area contributed by atoms with Crippen molar-refractivity contribution in [2.45, 2.75) is 26.8 Å². The van der Waals surface area contributed by atoms with Gasteiger partial charge in [0.25, 0.3) is 5.91 Å². The van der Waals surface area contributed by atoms with Gasteiger partial charge in [-0.05, 0) is 54.8 Å². The highest BCUT2D eigenvalue weighted by atomic mass is 79.9. The van der Waals surface area contributed by atoms with Crippen molar-refractivity contribution in [2.75, 3.05) is 19.0 Å². The van der Waals surface area contributed by atoms with Crippen molar-refractivity contribution >= 4 is 39.5 Å². The van der Waals surface area contributed by atoms with Crippen molar-refractivity contribution in [3.05, 3.63) is 75.4 Å². The van der Waals surface area contributed by atoms with E-state index in [-0.39, 0.29) is 17.9 Å². The van der Waals surface area contributed by atoms with E-state index in [9.17, 15) is 14.4 Å². The van der Waals surface area contributed by atoms with E-state index >= 15 is 0 Å². The quantitative estimate of drug-likeness (QED) is 0.554. The van der Waals surface area contributed by atoms with Gasteiger partial charge in [-0.15, -0.1) is 0 Å². The van der Waals surface area contributed by atoms with Crippen molar-refractivity contribution in [1.82, 2.24) is 10.2 Å². The molecule has 1 heterocycles. The number of benzene rings is 2. The lowest BCUT2D eigenvalue weighted by Gasteiger charge is -2.33. The first kappa shape index (κ1) is 23.5. The highest BCUT2D eigenvalue weighted by Crippen LogP contribution is 2.31. The van der Waals surface area contributed by atoms with Gasteiger partial charge in [-0.2, -0.15) is 0 Å². The second-order valence-corrected chi connectivity index (χ2v) is 8.93. The van der Waals surface area contributed by atoms with E-state index in [4.69, 9.17) is 4.74 Å². The molecular formula is C24H26BrN3O4. The van der Waals surface area contributed by atoms with E-state index in [0.717, 1.165) is 4.47 Å². The topological polar surface area (TPSA) is 87.7 Å². The van der Waals surface area contributed by atoms with E-state index in [0.29, 0.717) is 34.7 Å². The zero-order valence-corrected chi connectivity index (χ0v) is 20.0. The van der Waals surface area contributed by atoms with E-state index in [1.165, 1.54) is 4.90 Å². The fourth-order valence-corrected chi connectivity index (χ4v) is 3.50. The number of esters is 1. The van der Waals surface area contributed by atoms with Crippen molar-refractivity contribution in [3.8, 4) is 0 Å². The van der Waals surface area contributed by atoms with Crippen LogP contribution in [0.4, 0.5) is 10.5 Å². The molecule has 2 aromatic rings. The molecule has 2 N–H and O–H groups in total. The van der Waals surface area contributed by atoms with Gasteiger partial charge in [0, 0.05) is 28.5 Å². The van der Waals surface area contributed by atoms with Gasteiger partial charge in [-0.25, -0.2) is 9.59 Å². The molecule has 1 unspecified atom stereocenters. The average Bonchev–Trinajstić information content (AvgIpc) is 2.76. The average molecular weight is 500 g/mol. The third-order valence-electron chi connectivity index (χ3n) is 5.13. The van der Waals surface area contributed by atoms with Crippen LogP contribution in [-0.2, 0) is 9.53 Å². The molecule has 0 aromatic heterocycles. The maximum Gasteiger partial charge on any atom is 0.338 e. The Morgan fingerprint density at radius 2 is 1.75 bits per heavy atom. The molecular weight excluding hydrogens is 474 g/mol. The van der Waals surface area contributed by atoms with Crippen LogP contribution in [0, 0.1) is 5.92 Å². The number of carbonyl (C=O) groups is 3. The van der Waals surface area contributed by atoms with Crippen LogP contribution in [0.5, 0.6) is 0 Å². The Labute approximate surface area is 195 Å². The number of rotatable bonds is 6. The number of anilines is 1. The summed E-state index contributed by atoms with van der Waals surface area (Å²) in [5.74, 6) is -0.491. The molecule has 1 atom stereocenters. The van der Waals surface area contributed by atoms with Gasteiger partial charge < -0.3 is 20.3 Å². The summed E-state index contributed by atoms with van der Waals surface area (Å²) in [5.41, 5.74) is 2.78. The molecule has 168 valence electrons. The molecule has 3 rings (SSSR count). The largest absolute Gasteiger partial charge is 0.462 e. The van der Waals surface area contributed by atoms with Crippen LogP contribution in [0.1, 0.15) is 42.7 Å². The summed E-state index contributed by atoms with van der Waals surface area (Å²) in [5, 5.41) is 5.71. The Bertz CT molecular complexity index is 1050. The van der Waals surface area contributed by atoms with Gasteiger partial charge in [0.05, 0.1) is 18.2 Å². The summed E-state index contributed by atoms with van der Waals surface area (Å²) in [6.07, 6.45) is 0. The third-order valence-corrected chi connectivity index (χ3v) is 5.66. The summed E-state index contributed by atoms with van der Waals surface area (Å²) in [6.45, 7) is 5.94. The van der Waals surface area contributed by atoms with Crippen molar-refractivity contribution in [2.24, 2.45) is 5.92 Å². The first-order chi connectivity index (χ1) is 15.2. The second kappa shape index (κ2) is 9.99. The molecule has 0 saturated heterocycles. The van der Waals surface area contributed by atoms with E-state index in [1.807, 2.05) is 13.8 Å². The van der Waals surface area contributed by atoms with Crippen molar-refractivity contribution in [1.29, 1.82) is 0 Å². The summed E-state index contributed by atoms with van der Waals surface area (Å²) in [6, 6.07) is 13.1. The number of urea groups is 1. The van der Waals surface area contributed by atoms with Gasteiger partial charge >= 0.3 is 12.0 Å². The Morgan fingerprint density at radius 1 is 1.12 bits per heavy atom. The third kappa shape index (κ3) is 5.37. The SMILES string of the molecule is CC1=C(C(=O)OCC(C)C)C(c2ccc(NC(=O)c3ccc(Br)cc3)cc2)NC(=O)N1C. The first-order valence-corrected chi connectivity index (χ1v) is 11.1. The Kier molecular flexibility index (Phi) is 7.35. The molecule has 3 amide bonds. The summed E-state index contributed by atoms with van der Waals surface area (Å²) in [4.78, 5) is 39.1. The first-order valence-electron chi connectivity index (χ1n) is 10.3. The number of nitrogens with one attached hydrogen (secondary N) is 2. The van der Waals surface area contributed by atoms with Crippen LogP contribution in [0.25, 0.3) is 0 Å². The van der Waals surface area contributed by atoms with E-state index < -0.39 is 12.0 Å². The molecule has 0 spiro atoms. The molecule has 2 aromatic carbocycles. The summed E-state index contributed by atoms with van der Waals surface area (Å²) >= 11 is 3.35. The van der Waals surface area contributed by atoms with Crippen LogP contribution in [0.3, 0.4) is 0 Å². The van der Waals surface area contributed by atoms with Gasteiger partial charge in [0.2, 0.25) is 0 Å². The molecule has 0 radical (unpaired) electrons. The minimum Gasteiger partial charge on any atom is -0.462 e. The van der Waals surface area contributed by atoms with Gasteiger partial charge in [-0.3, -0.25) is 4.79 Å². The predicted octanol–water partition coefficient (Wildman–Crippen LogP) is 4.87. The van der Waals surface area contributed by atoms with Gasteiger partial charge in [-0.1, -0.05) is 41.9 Å². The highest BCUT2D eigenvalue weighted by Gasteiger charge is 2.35. The predicted molar refractivity (Wildman–Crippen MR) is 126 cm³/mol. The molecule has 1 aliphatic rings. The number of carbonyl (C=O) groups excluding carboxylic acids is 3. The highest BCUT2D eigenvalue weighted by molar-refractivity contribution is 9.10. The fourth-order valence-electron chi connectivity index (χ4n) is 3.23. The Balaban J connectivity index is 1.81. The zero-order chi connectivity index (χ0) is 23.4. The van der Waals surface area contributed by atoms with E-state index in [2.05, 4.69) is 26.6 Å². The minimum absolute atomic E-state index is 0.197. The zero-order valence-electron chi connectivity index (χ0n) is 18.4. The molecule has 32 heavy (non-hydrogen) atoms. The number of hydrogen-bond acceptors (Lipinski definition) is 4. The van der Waals surface area contributed by atoms with Crippen LogP contribution in [0.15, 0.2) is 64.3 Å². The van der Waals surface area contributed by atoms with Crippen LogP contribution in [-0.4, -0.2) is 36.5 Å². The number of allylic oxidation sites excluding steroid dienone is 1. The number of halogens is 1. The smallest absolute Gasteiger partial charge is 0.338 e. The normalized spacial score (nSPS) is 16.1. The van der Waals surface area contributed by atoms with Crippen LogP contribution >= 0.6 is 15.9 Å². The van der Waals surface area contributed by atoms with Crippen LogP contribution in [0.2, 0.25) is 0 Å². The lowest BCUT2D eigenvalue weighted by atomic mass is 9.95. The maximum atomic E-state index is 12.8. The second-order valence-electron chi connectivity index (χ2n) is 8.02. The van der Waals surface area contributed by atoms with Crippen LogP contribution < -0.4 is 10.6 Å². The number of hydrogen-bond donors (Lipinski definition) is 2. The minimum atomic E-state index is -0.644. The lowest BCUT2D eigenvalue weighted by Crippen LogP contribution is -2.46. The molecule has 0 bridgehead atoms. The summed E-state index contributed by atoms with van der Waals surface area (Å²) in [7, 11) is 1.61. The molecule has 0 saturated carbocycles. The molecule has 8 heteroatoms. The number of nitrogens with zero attached hydrogens (tertiary/aromatic N) is 1. The monoisotopic (exact) mass is 499 g/mol. The summed E-state index contributed by atoms with van der Waals surface area (Å²) < 4.78 is 6.34. The van der Waals surface area contributed by atoms with E-state index in [1.54, 1.807) is 62.5 Å². The van der Waals surface area contributed by atoms with Crippen molar-refractivity contribution < 1.29 is 19.1 Å². The van der Waals surface area contributed by atoms with Gasteiger partial charge in [0.15, 0.2) is 0 Å². The maximum absolute atomic E-state index is 12.8. The standard InChI is InChI=1S/C24H26BrN3O4/c1-14(2)13-32-23(30)20-15(3)28(4)24(31)27-21(20)16-7-11-19(12-8-16)26-22(29)17-5-9-18(25)10-6-17/h5-12,14,21H,13H2,1-4H3,(H,26,29)(H,27,31). The fraction of sp³-hybridized carbons (Fsp3) is 0.292. The molecule has 1 aliphatic heterocycles. The van der Waals surface area contributed by atoms with Gasteiger partial charge in [0.1, 0.15) is 0 Å². The number of amides is 3. The number of ether oxygens (including phenoxy) is 1. The van der Waals surface area contributed by atoms with Crippen molar-refractivity contribution in [3.63, 3.8) is 0 Å². The molecule has 0 aliphatic carbocycles. The Hall–Kier alpha value is -3.13. The lowest BCUT2D eigenvalue weighted by molar-refractivity contribution is -0.140. The molecule has 7 nitrogen and oxygen atoms in total.